The van der Waals surface area contributed by atoms with Crippen molar-refractivity contribution in [1.82, 2.24) is 14.5 Å². The number of nitrogens with zero attached hydrogens (tertiary/aromatic N) is 3. The van der Waals surface area contributed by atoms with Crippen molar-refractivity contribution in [2.45, 2.75) is 23.9 Å². The highest BCUT2D eigenvalue weighted by atomic mass is 35.5. The van der Waals surface area contributed by atoms with Crippen molar-refractivity contribution in [1.29, 1.82) is 0 Å². The van der Waals surface area contributed by atoms with Crippen molar-refractivity contribution in [2.75, 3.05) is 13.6 Å². The summed E-state index contributed by atoms with van der Waals surface area (Å²) in [5, 5.41) is 2.22. The summed E-state index contributed by atoms with van der Waals surface area (Å²) in [4.78, 5) is 23.1. The summed E-state index contributed by atoms with van der Waals surface area (Å²) < 4.78 is 1.76. The van der Waals surface area contributed by atoms with E-state index in [4.69, 9.17) is 16.6 Å². The maximum atomic E-state index is 13.7. The largest absolute Gasteiger partial charge is 0.301 e. The zero-order valence-corrected chi connectivity index (χ0v) is 18.9. The van der Waals surface area contributed by atoms with Crippen LogP contribution in [0.5, 0.6) is 0 Å². The lowest BCUT2D eigenvalue weighted by atomic mass is 10.1. The van der Waals surface area contributed by atoms with Crippen LogP contribution in [-0.4, -0.2) is 28.0 Å². The summed E-state index contributed by atoms with van der Waals surface area (Å²) in [6.45, 7) is 1.84. The van der Waals surface area contributed by atoms with Crippen LogP contribution < -0.4 is 5.56 Å². The van der Waals surface area contributed by atoms with Gasteiger partial charge in [-0.05, 0) is 42.8 Å². The van der Waals surface area contributed by atoms with E-state index < -0.39 is 0 Å². The minimum Gasteiger partial charge on any atom is -0.301 e. The molecular weight excluding hydrogens is 434 g/mol. The van der Waals surface area contributed by atoms with Gasteiger partial charge in [-0.1, -0.05) is 59.8 Å². The molecule has 0 fully saturated rings. The Hall–Kier alpha value is -2.12. The quantitative estimate of drug-likeness (QED) is 0.307. The molecule has 0 aliphatic carbocycles. The maximum Gasteiger partial charge on any atom is 0.267 e. The minimum atomic E-state index is 0.0231. The summed E-state index contributed by atoms with van der Waals surface area (Å²) in [5.41, 5.74) is 3.07. The first-order valence-corrected chi connectivity index (χ1v) is 12.0. The summed E-state index contributed by atoms with van der Waals surface area (Å²) >= 11 is 9.55. The predicted octanol–water partition coefficient (Wildman–Crippen LogP) is 5.38. The van der Waals surface area contributed by atoms with Gasteiger partial charge in [0.05, 0.1) is 11.1 Å². The Morgan fingerprint density at radius 3 is 2.70 bits per heavy atom. The molecule has 5 rings (SSSR count). The minimum absolute atomic E-state index is 0.0231. The normalized spacial score (nSPS) is 14.2. The molecule has 0 N–H and O–H groups in total. The fourth-order valence-electron chi connectivity index (χ4n) is 3.81. The van der Waals surface area contributed by atoms with Crippen molar-refractivity contribution in [3.8, 4) is 5.69 Å². The highest BCUT2D eigenvalue weighted by Gasteiger charge is 2.24. The van der Waals surface area contributed by atoms with Gasteiger partial charge in [0.25, 0.3) is 5.56 Å². The molecule has 0 atom stereocenters. The molecule has 0 saturated carbocycles. The lowest BCUT2D eigenvalue weighted by Gasteiger charge is -2.21. The van der Waals surface area contributed by atoms with Crippen LogP contribution in [0.25, 0.3) is 15.9 Å². The molecule has 0 unspecified atom stereocenters. The van der Waals surface area contributed by atoms with Gasteiger partial charge in [-0.3, -0.25) is 9.36 Å². The third-order valence-electron chi connectivity index (χ3n) is 5.36. The molecule has 0 saturated heterocycles. The fourth-order valence-corrected chi connectivity index (χ4v) is 6.45. The molecule has 0 bridgehead atoms. The van der Waals surface area contributed by atoms with Crippen LogP contribution in [0.4, 0.5) is 0 Å². The average molecular weight is 454 g/mol. The van der Waals surface area contributed by atoms with E-state index in [2.05, 4.69) is 11.9 Å². The summed E-state index contributed by atoms with van der Waals surface area (Å²) in [6.07, 6.45) is 0.893. The molecule has 152 valence electrons. The van der Waals surface area contributed by atoms with Crippen LogP contribution in [-0.2, 0) is 18.7 Å². The smallest absolute Gasteiger partial charge is 0.267 e. The van der Waals surface area contributed by atoms with Crippen LogP contribution in [0.1, 0.15) is 16.0 Å². The Kier molecular flexibility index (Phi) is 5.41. The Bertz CT molecular complexity index is 1280. The van der Waals surface area contributed by atoms with Gasteiger partial charge in [-0.15, -0.1) is 11.3 Å². The molecule has 0 spiro atoms. The van der Waals surface area contributed by atoms with Crippen molar-refractivity contribution in [3.05, 3.63) is 86.0 Å². The lowest BCUT2D eigenvalue weighted by molar-refractivity contribution is 0.318. The zero-order chi connectivity index (χ0) is 20.7. The van der Waals surface area contributed by atoms with E-state index in [-0.39, 0.29) is 5.56 Å². The number of aromatic nitrogens is 2. The van der Waals surface area contributed by atoms with Gasteiger partial charge in [0, 0.05) is 28.7 Å². The molecule has 0 radical (unpaired) electrons. The summed E-state index contributed by atoms with van der Waals surface area (Å²) in [7, 11) is 2.12. The third kappa shape index (κ3) is 3.58. The number of fused-ring (bicyclic) bond motifs is 3. The number of likely N-dealkylation sites (N-methyl/N-ethyl adjacent to an activating group) is 1. The van der Waals surface area contributed by atoms with E-state index in [1.165, 1.54) is 10.4 Å². The molecule has 4 nitrogen and oxygen atoms in total. The highest BCUT2D eigenvalue weighted by molar-refractivity contribution is 7.98. The molecule has 3 heterocycles. The molecule has 0 amide bonds. The average Bonchev–Trinajstić information content (AvgIpc) is 3.11. The predicted molar refractivity (Wildman–Crippen MR) is 126 cm³/mol. The Balaban J connectivity index is 1.67. The molecule has 4 aromatic rings. The molecule has 2 aromatic carbocycles. The van der Waals surface area contributed by atoms with Crippen LogP contribution in [0.3, 0.4) is 0 Å². The van der Waals surface area contributed by atoms with Crippen LogP contribution in [0.2, 0.25) is 5.02 Å². The molecule has 1 aliphatic rings. The fraction of sp³-hybridized carbons (Fsp3) is 0.217. The van der Waals surface area contributed by atoms with Crippen LogP contribution in [0, 0.1) is 0 Å². The molecular formula is C23H20ClN3OS2. The SMILES string of the molecule is CN1CCc2c(sc3nc(SCc4ccccc4Cl)n(-c4ccccc4)c(=O)c23)C1. The number of para-hydroxylation sites is 1. The maximum absolute atomic E-state index is 13.7. The van der Waals surface area contributed by atoms with Crippen LogP contribution >= 0.6 is 34.7 Å². The number of halogens is 1. The van der Waals surface area contributed by atoms with Gasteiger partial charge in [0.15, 0.2) is 5.16 Å². The van der Waals surface area contributed by atoms with E-state index >= 15 is 0 Å². The molecule has 1 aliphatic heterocycles. The second kappa shape index (κ2) is 8.19. The molecule has 2 aromatic heterocycles. The Morgan fingerprint density at radius 2 is 1.90 bits per heavy atom. The summed E-state index contributed by atoms with van der Waals surface area (Å²) in [5.74, 6) is 0.651. The van der Waals surface area contributed by atoms with Gasteiger partial charge >= 0.3 is 0 Å². The zero-order valence-electron chi connectivity index (χ0n) is 16.5. The first-order valence-electron chi connectivity index (χ1n) is 9.79. The van der Waals surface area contributed by atoms with Crippen molar-refractivity contribution >= 4 is 44.9 Å². The number of rotatable bonds is 4. The van der Waals surface area contributed by atoms with E-state index in [0.29, 0.717) is 10.9 Å². The lowest BCUT2D eigenvalue weighted by Crippen LogP contribution is -2.27. The third-order valence-corrected chi connectivity index (χ3v) is 7.83. The van der Waals surface area contributed by atoms with Gasteiger partial charge in [-0.2, -0.15) is 0 Å². The van der Waals surface area contributed by atoms with Crippen molar-refractivity contribution < 1.29 is 0 Å². The molecule has 7 heteroatoms. The van der Waals surface area contributed by atoms with E-state index in [0.717, 1.165) is 46.0 Å². The number of thiophene rings is 1. The van der Waals surface area contributed by atoms with E-state index in [9.17, 15) is 4.79 Å². The van der Waals surface area contributed by atoms with E-state index in [1.807, 2.05) is 54.6 Å². The van der Waals surface area contributed by atoms with Crippen molar-refractivity contribution in [2.24, 2.45) is 0 Å². The van der Waals surface area contributed by atoms with Gasteiger partial charge in [0.2, 0.25) is 0 Å². The van der Waals surface area contributed by atoms with Gasteiger partial charge in [-0.25, -0.2) is 4.98 Å². The number of hydrogen-bond acceptors (Lipinski definition) is 5. The number of benzene rings is 2. The first kappa shape index (κ1) is 19.8. The van der Waals surface area contributed by atoms with Crippen molar-refractivity contribution in [3.63, 3.8) is 0 Å². The second-order valence-corrected chi connectivity index (χ2v) is 9.86. The number of thioether (sulfide) groups is 1. The monoisotopic (exact) mass is 453 g/mol. The topological polar surface area (TPSA) is 38.1 Å². The Labute approximate surface area is 188 Å². The highest BCUT2D eigenvalue weighted by Crippen LogP contribution is 2.34. The second-order valence-electron chi connectivity index (χ2n) is 7.42. The van der Waals surface area contributed by atoms with Crippen LogP contribution in [0.15, 0.2) is 64.5 Å². The standard InChI is InChI=1S/C23H20ClN3OS2/c1-26-12-11-17-19(13-26)30-21-20(17)22(28)27(16-8-3-2-4-9-16)23(25-21)29-14-15-7-5-6-10-18(15)24/h2-10H,11-14H2,1H3. The van der Waals surface area contributed by atoms with Gasteiger partial charge in [0.1, 0.15) is 4.83 Å². The number of hydrogen-bond donors (Lipinski definition) is 0. The summed E-state index contributed by atoms with van der Waals surface area (Å²) in [6, 6.07) is 17.6. The molecule has 30 heavy (non-hydrogen) atoms. The Morgan fingerprint density at radius 1 is 1.13 bits per heavy atom. The van der Waals surface area contributed by atoms with E-state index in [1.54, 1.807) is 27.7 Å². The van der Waals surface area contributed by atoms with Gasteiger partial charge < -0.3 is 4.90 Å². The first-order chi connectivity index (χ1) is 14.6.